The van der Waals surface area contributed by atoms with Crippen molar-refractivity contribution in [2.24, 2.45) is 5.92 Å². The minimum Gasteiger partial charge on any atom is -0.508 e. The molecule has 2 N–H and O–H groups in total. The van der Waals surface area contributed by atoms with Crippen molar-refractivity contribution in [1.82, 2.24) is 14.9 Å². The summed E-state index contributed by atoms with van der Waals surface area (Å²) in [6.45, 7) is 3.18. The van der Waals surface area contributed by atoms with Crippen LogP contribution in [0.3, 0.4) is 0 Å². The number of hydrogen-bond donors (Lipinski definition) is 2. The summed E-state index contributed by atoms with van der Waals surface area (Å²) < 4.78 is 0. The van der Waals surface area contributed by atoms with Gasteiger partial charge in [0.15, 0.2) is 5.13 Å². The summed E-state index contributed by atoms with van der Waals surface area (Å²) in [6.07, 6.45) is 5.22. The third kappa shape index (κ3) is 5.05. The van der Waals surface area contributed by atoms with Crippen LogP contribution in [0.1, 0.15) is 24.1 Å². The average molecular weight is 381 g/mol. The highest BCUT2D eigenvalue weighted by atomic mass is 32.1. The standard InChI is InChI=1S/C21H24N4OS/c26-19-6-4-17(5-7-19)15-25-11-8-16(9-12-25)14-18-2-1-3-20(23-18)24-21-22-10-13-27-21/h1-7,10,13,16,26H,8-9,11-12,14-15H2,(H,22,23,24). The zero-order chi connectivity index (χ0) is 18.5. The molecule has 1 aliphatic heterocycles. The lowest BCUT2D eigenvalue weighted by atomic mass is 9.91. The molecule has 1 aromatic carbocycles. The molecular formula is C21H24N4OS. The van der Waals surface area contributed by atoms with Crippen molar-refractivity contribution < 1.29 is 5.11 Å². The van der Waals surface area contributed by atoms with Gasteiger partial charge in [-0.3, -0.25) is 4.90 Å². The smallest absolute Gasteiger partial charge is 0.188 e. The van der Waals surface area contributed by atoms with E-state index in [4.69, 9.17) is 4.98 Å². The number of phenolic OH excluding ortho intramolecular Hbond substituents is 1. The van der Waals surface area contributed by atoms with Gasteiger partial charge in [-0.1, -0.05) is 18.2 Å². The van der Waals surface area contributed by atoms with E-state index in [9.17, 15) is 5.11 Å². The van der Waals surface area contributed by atoms with E-state index in [1.54, 1.807) is 29.7 Å². The minimum absolute atomic E-state index is 0.330. The molecule has 4 rings (SSSR count). The molecule has 0 atom stereocenters. The Kier molecular flexibility index (Phi) is 5.65. The first-order valence-electron chi connectivity index (χ1n) is 9.37. The summed E-state index contributed by atoms with van der Waals surface area (Å²) in [4.78, 5) is 11.5. The number of piperidine rings is 1. The van der Waals surface area contributed by atoms with Crippen LogP contribution in [0.4, 0.5) is 10.9 Å². The van der Waals surface area contributed by atoms with Gasteiger partial charge in [0.05, 0.1) is 0 Å². The quantitative estimate of drug-likeness (QED) is 0.662. The minimum atomic E-state index is 0.330. The van der Waals surface area contributed by atoms with Gasteiger partial charge in [0.25, 0.3) is 0 Å². The van der Waals surface area contributed by atoms with Gasteiger partial charge in [-0.25, -0.2) is 9.97 Å². The maximum absolute atomic E-state index is 9.40. The van der Waals surface area contributed by atoms with Crippen LogP contribution in [0.2, 0.25) is 0 Å². The molecule has 5 nitrogen and oxygen atoms in total. The van der Waals surface area contributed by atoms with Crippen LogP contribution in [0.5, 0.6) is 5.75 Å². The number of nitrogens with zero attached hydrogens (tertiary/aromatic N) is 3. The average Bonchev–Trinajstić information content (AvgIpc) is 3.19. The lowest BCUT2D eigenvalue weighted by molar-refractivity contribution is 0.176. The van der Waals surface area contributed by atoms with E-state index in [1.807, 2.05) is 23.6 Å². The van der Waals surface area contributed by atoms with Gasteiger partial charge in [0.2, 0.25) is 0 Å². The van der Waals surface area contributed by atoms with Crippen LogP contribution in [0, 0.1) is 5.92 Å². The second-order valence-electron chi connectivity index (χ2n) is 7.07. The van der Waals surface area contributed by atoms with E-state index in [0.29, 0.717) is 11.7 Å². The molecule has 0 radical (unpaired) electrons. The summed E-state index contributed by atoms with van der Waals surface area (Å²) in [7, 11) is 0. The summed E-state index contributed by atoms with van der Waals surface area (Å²) in [5, 5.41) is 15.5. The molecule has 0 saturated carbocycles. The predicted octanol–water partition coefficient (Wildman–Crippen LogP) is 4.44. The van der Waals surface area contributed by atoms with E-state index in [-0.39, 0.29) is 0 Å². The van der Waals surface area contributed by atoms with E-state index in [0.717, 1.165) is 42.7 Å². The monoisotopic (exact) mass is 380 g/mol. The lowest BCUT2D eigenvalue weighted by Crippen LogP contribution is -2.33. The van der Waals surface area contributed by atoms with Crippen LogP contribution in [0.15, 0.2) is 54.0 Å². The highest BCUT2D eigenvalue weighted by Crippen LogP contribution is 2.24. The fraction of sp³-hybridized carbons (Fsp3) is 0.333. The number of nitrogens with one attached hydrogen (secondary N) is 1. The maximum Gasteiger partial charge on any atom is 0.188 e. The first-order valence-corrected chi connectivity index (χ1v) is 10.3. The van der Waals surface area contributed by atoms with Gasteiger partial charge in [0.1, 0.15) is 11.6 Å². The molecule has 2 aromatic heterocycles. The molecule has 0 spiro atoms. The number of rotatable bonds is 6. The van der Waals surface area contributed by atoms with Crippen LogP contribution >= 0.6 is 11.3 Å². The summed E-state index contributed by atoms with van der Waals surface area (Å²) in [5.74, 6) is 1.88. The Labute approximate surface area is 163 Å². The van der Waals surface area contributed by atoms with Gasteiger partial charge in [-0.2, -0.15) is 0 Å². The number of aromatic nitrogens is 2. The maximum atomic E-state index is 9.40. The molecule has 0 bridgehead atoms. The summed E-state index contributed by atoms with van der Waals surface area (Å²) in [5.41, 5.74) is 2.41. The number of phenols is 1. The molecule has 27 heavy (non-hydrogen) atoms. The molecule has 0 aliphatic carbocycles. The second-order valence-corrected chi connectivity index (χ2v) is 7.96. The number of hydrogen-bond acceptors (Lipinski definition) is 6. The molecule has 3 heterocycles. The van der Waals surface area contributed by atoms with Crippen molar-refractivity contribution in [3.63, 3.8) is 0 Å². The first-order chi connectivity index (χ1) is 13.2. The Morgan fingerprint density at radius 2 is 1.93 bits per heavy atom. The van der Waals surface area contributed by atoms with Gasteiger partial charge in [-0.05, 0) is 68.1 Å². The lowest BCUT2D eigenvalue weighted by Gasteiger charge is -2.32. The van der Waals surface area contributed by atoms with Crippen molar-refractivity contribution in [3.8, 4) is 5.75 Å². The van der Waals surface area contributed by atoms with Crippen molar-refractivity contribution in [1.29, 1.82) is 0 Å². The SMILES string of the molecule is Oc1ccc(CN2CCC(Cc3cccc(Nc4nccs4)n3)CC2)cc1. The summed E-state index contributed by atoms with van der Waals surface area (Å²) >= 11 is 1.58. The number of benzene rings is 1. The van der Waals surface area contributed by atoms with E-state index in [2.05, 4.69) is 27.3 Å². The Morgan fingerprint density at radius 3 is 2.67 bits per heavy atom. The van der Waals surface area contributed by atoms with Crippen LogP contribution < -0.4 is 5.32 Å². The number of pyridine rings is 1. The van der Waals surface area contributed by atoms with E-state index < -0.39 is 0 Å². The number of thiazole rings is 1. The van der Waals surface area contributed by atoms with Crippen LogP contribution in [-0.2, 0) is 13.0 Å². The van der Waals surface area contributed by atoms with Crippen LogP contribution in [0.25, 0.3) is 0 Å². The molecule has 6 heteroatoms. The normalized spacial score (nSPS) is 15.7. The Bertz CT molecular complexity index is 843. The third-order valence-electron chi connectivity index (χ3n) is 5.02. The third-order valence-corrected chi connectivity index (χ3v) is 5.71. The predicted molar refractivity (Wildman–Crippen MR) is 109 cm³/mol. The zero-order valence-corrected chi connectivity index (χ0v) is 16.0. The molecule has 3 aromatic rings. The fourth-order valence-corrected chi connectivity index (χ4v) is 4.10. The van der Waals surface area contributed by atoms with E-state index in [1.165, 1.54) is 18.4 Å². The van der Waals surface area contributed by atoms with Crippen molar-refractivity contribution in [2.75, 3.05) is 18.4 Å². The molecule has 1 fully saturated rings. The summed E-state index contributed by atoms with van der Waals surface area (Å²) in [6, 6.07) is 13.7. The molecule has 1 aliphatic rings. The molecule has 1 saturated heterocycles. The van der Waals surface area contributed by atoms with Crippen molar-refractivity contribution >= 4 is 22.3 Å². The van der Waals surface area contributed by atoms with Gasteiger partial charge in [0, 0.05) is 23.8 Å². The Morgan fingerprint density at radius 1 is 1.11 bits per heavy atom. The Hall–Kier alpha value is -2.44. The second kappa shape index (κ2) is 8.50. The topological polar surface area (TPSA) is 61.3 Å². The van der Waals surface area contributed by atoms with Crippen molar-refractivity contribution in [3.05, 3.63) is 65.3 Å². The van der Waals surface area contributed by atoms with Gasteiger partial charge >= 0.3 is 0 Å². The molecule has 0 unspecified atom stereocenters. The number of anilines is 2. The number of likely N-dealkylation sites (tertiary alicyclic amines) is 1. The zero-order valence-electron chi connectivity index (χ0n) is 15.2. The Balaban J connectivity index is 1.28. The molecule has 140 valence electrons. The molecule has 0 amide bonds. The number of aromatic hydroxyl groups is 1. The first kappa shape index (κ1) is 17.9. The van der Waals surface area contributed by atoms with Crippen molar-refractivity contribution in [2.45, 2.75) is 25.8 Å². The van der Waals surface area contributed by atoms with E-state index >= 15 is 0 Å². The molecular weight excluding hydrogens is 356 g/mol. The highest BCUT2D eigenvalue weighted by Gasteiger charge is 2.20. The highest BCUT2D eigenvalue weighted by molar-refractivity contribution is 7.13. The van der Waals surface area contributed by atoms with Gasteiger partial charge < -0.3 is 10.4 Å². The fourth-order valence-electron chi connectivity index (χ4n) is 3.56. The van der Waals surface area contributed by atoms with Crippen LogP contribution in [-0.4, -0.2) is 33.1 Å². The largest absolute Gasteiger partial charge is 0.508 e. The van der Waals surface area contributed by atoms with Gasteiger partial charge in [-0.15, -0.1) is 11.3 Å².